The van der Waals surface area contributed by atoms with Crippen molar-refractivity contribution in [2.24, 2.45) is 5.41 Å². The van der Waals surface area contributed by atoms with Crippen molar-refractivity contribution < 1.29 is 9.59 Å². The van der Waals surface area contributed by atoms with Crippen molar-refractivity contribution in [3.8, 4) is 0 Å². The number of aromatic nitrogens is 1. The Balaban J connectivity index is 1.23. The Morgan fingerprint density at radius 2 is 2.00 bits per heavy atom. The van der Waals surface area contributed by atoms with E-state index in [0.717, 1.165) is 43.6 Å². The summed E-state index contributed by atoms with van der Waals surface area (Å²) in [6, 6.07) is 11.0. The molecule has 2 N–H and O–H groups in total. The average Bonchev–Trinajstić information content (AvgIpc) is 3.12. The molecule has 2 fully saturated rings. The largest absolute Gasteiger partial charge is 0.338 e. The second-order valence-electron chi connectivity index (χ2n) is 8.22. The lowest BCUT2D eigenvalue weighted by atomic mass is 9.65. The highest BCUT2D eigenvalue weighted by Gasteiger charge is 2.49. The zero-order chi connectivity index (χ0) is 20.4. The summed E-state index contributed by atoms with van der Waals surface area (Å²) in [6.07, 6.45) is 4.51. The molecule has 0 bridgehead atoms. The second kappa shape index (κ2) is 8.03. The van der Waals surface area contributed by atoms with Gasteiger partial charge in [-0.1, -0.05) is 23.7 Å². The molecular weight excluding hydrogens is 388 g/mol. The van der Waals surface area contributed by atoms with Crippen molar-refractivity contribution in [1.29, 1.82) is 0 Å². The van der Waals surface area contributed by atoms with Crippen LogP contribution < -0.4 is 10.6 Å². The molecule has 1 saturated carbocycles. The van der Waals surface area contributed by atoms with Gasteiger partial charge in [-0.25, -0.2) is 4.79 Å². The maximum atomic E-state index is 12.7. The molecule has 0 atom stereocenters. The molecule has 152 valence electrons. The van der Waals surface area contributed by atoms with E-state index in [1.807, 2.05) is 42.2 Å². The molecule has 1 aromatic carbocycles. The first-order valence-electron chi connectivity index (χ1n) is 9.93. The van der Waals surface area contributed by atoms with E-state index in [2.05, 4.69) is 15.6 Å². The molecule has 1 saturated heterocycles. The van der Waals surface area contributed by atoms with Crippen LogP contribution >= 0.6 is 11.6 Å². The number of halogens is 1. The van der Waals surface area contributed by atoms with Crippen molar-refractivity contribution in [2.75, 3.05) is 13.1 Å². The molecule has 0 unspecified atom stereocenters. The zero-order valence-electron chi connectivity index (χ0n) is 16.5. The van der Waals surface area contributed by atoms with Gasteiger partial charge in [0, 0.05) is 48.2 Å². The summed E-state index contributed by atoms with van der Waals surface area (Å²) in [5.74, 6) is 0.0736. The molecule has 1 aliphatic heterocycles. The van der Waals surface area contributed by atoms with Crippen LogP contribution in [-0.4, -0.2) is 41.0 Å². The number of pyridine rings is 1. The van der Waals surface area contributed by atoms with E-state index in [0.29, 0.717) is 17.1 Å². The standard InChI is InChI=1S/C22H25ClN4O2/c1-15-10-17(6-8-24-15)20(28)27-9-7-22(14-27)11-19(12-22)26-21(29)25-13-16-2-4-18(23)5-3-16/h2-6,8,10,19H,7,9,11-14H2,1H3,(H2,25,26,29). The minimum atomic E-state index is -0.155. The quantitative estimate of drug-likeness (QED) is 0.806. The number of urea groups is 1. The van der Waals surface area contributed by atoms with Gasteiger partial charge in [-0.15, -0.1) is 0 Å². The van der Waals surface area contributed by atoms with Gasteiger partial charge in [-0.05, 0) is 61.4 Å². The Kier molecular flexibility index (Phi) is 5.46. The number of hydrogen-bond donors (Lipinski definition) is 2. The molecule has 1 aromatic heterocycles. The molecule has 0 radical (unpaired) electrons. The molecule has 1 spiro atoms. The highest BCUT2D eigenvalue weighted by molar-refractivity contribution is 6.30. The van der Waals surface area contributed by atoms with Crippen LogP contribution in [0.4, 0.5) is 4.79 Å². The van der Waals surface area contributed by atoms with E-state index in [1.54, 1.807) is 12.3 Å². The van der Waals surface area contributed by atoms with Crippen LogP contribution in [0.2, 0.25) is 5.02 Å². The fraction of sp³-hybridized carbons (Fsp3) is 0.409. The van der Waals surface area contributed by atoms with Gasteiger partial charge in [-0.2, -0.15) is 0 Å². The summed E-state index contributed by atoms with van der Waals surface area (Å²) in [7, 11) is 0. The summed E-state index contributed by atoms with van der Waals surface area (Å²) >= 11 is 5.87. The van der Waals surface area contributed by atoms with E-state index in [1.165, 1.54) is 0 Å². The van der Waals surface area contributed by atoms with Crippen LogP contribution in [0.15, 0.2) is 42.6 Å². The first-order chi connectivity index (χ1) is 13.9. The minimum Gasteiger partial charge on any atom is -0.338 e. The fourth-order valence-electron chi connectivity index (χ4n) is 4.41. The molecule has 2 aromatic rings. The highest BCUT2D eigenvalue weighted by Crippen LogP contribution is 2.48. The third-order valence-electron chi connectivity index (χ3n) is 5.93. The van der Waals surface area contributed by atoms with Gasteiger partial charge < -0.3 is 15.5 Å². The van der Waals surface area contributed by atoms with Crippen molar-refractivity contribution in [3.63, 3.8) is 0 Å². The molecule has 3 amide bonds. The van der Waals surface area contributed by atoms with Gasteiger partial charge in [0.15, 0.2) is 0 Å². The number of nitrogens with one attached hydrogen (secondary N) is 2. The monoisotopic (exact) mass is 412 g/mol. The zero-order valence-corrected chi connectivity index (χ0v) is 17.2. The summed E-state index contributed by atoms with van der Waals surface area (Å²) in [4.78, 5) is 31.0. The predicted octanol–water partition coefficient (Wildman–Crippen LogP) is 3.54. The van der Waals surface area contributed by atoms with Crippen LogP contribution in [0.5, 0.6) is 0 Å². The predicted molar refractivity (Wildman–Crippen MR) is 112 cm³/mol. The van der Waals surface area contributed by atoms with Gasteiger partial charge in [0.05, 0.1) is 0 Å². The smallest absolute Gasteiger partial charge is 0.315 e. The Morgan fingerprint density at radius 1 is 1.24 bits per heavy atom. The summed E-state index contributed by atoms with van der Waals surface area (Å²) < 4.78 is 0. The number of hydrogen-bond acceptors (Lipinski definition) is 3. The molecular formula is C22H25ClN4O2. The Hall–Kier alpha value is -2.60. The normalized spacial score (nSPS) is 23.0. The van der Waals surface area contributed by atoms with E-state index >= 15 is 0 Å². The maximum Gasteiger partial charge on any atom is 0.315 e. The van der Waals surface area contributed by atoms with E-state index in [-0.39, 0.29) is 23.4 Å². The van der Waals surface area contributed by atoms with Crippen molar-refractivity contribution in [2.45, 2.75) is 38.8 Å². The Bertz CT molecular complexity index is 909. The summed E-state index contributed by atoms with van der Waals surface area (Å²) in [6.45, 7) is 3.89. The van der Waals surface area contributed by atoms with Gasteiger partial charge in [-0.3, -0.25) is 9.78 Å². The molecule has 6 nitrogen and oxygen atoms in total. The third kappa shape index (κ3) is 4.53. The highest BCUT2D eigenvalue weighted by atomic mass is 35.5. The maximum absolute atomic E-state index is 12.7. The molecule has 4 rings (SSSR count). The lowest BCUT2D eigenvalue weighted by Crippen LogP contribution is -2.54. The number of aryl methyl sites for hydroxylation is 1. The van der Waals surface area contributed by atoms with E-state index < -0.39 is 0 Å². The first-order valence-corrected chi connectivity index (χ1v) is 10.3. The Labute approximate surface area is 175 Å². The lowest BCUT2D eigenvalue weighted by molar-refractivity contribution is 0.0671. The molecule has 29 heavy (non-hydrogen) atoms. The summed E-state index contributed by atoms with van der Waals surface area (Å²) in [5.41, 5.74) is 2.70. The van der Waals surface area contributed by atoms with Crippen molar-refractivity contribution >= 4 is 23.5 Å². The SMILES string of the molecule is Cc1cc(C(=O)N2CCC3(CC(NC(=O)NCc4ccc(Cl)cc4)C3)C2)ccn1. The van der Waals surface area contributed by atoms with Gasteiger partial charge in [0.25, 0.3) is 5.91 Å². The van der Waals surface area contributed by atoms with Crippen LogP contribution in [0.3, 0.4) is 0 Å². The van der Waals surface area contributed by atoms with Crippen molar-refractivity contribution in [1.82, 2.24) is 20.5 Å². The van der Waals surface area contributed by atoms with Crippen LogP contribution in [0.1, 0.15) is 40.9 Å². The van der Waals surface area contributed by atoms with Gasteiger partial charge in [0.2, 0.25) is 0 Å². The number of benzene rings is 1. The van der Waals surface area contributed by atoms with Crippen molar-refractivity contribution in [3.05, 3.63) is 64.4 Å². The topological polar surface area (TPSA) is 74.3 Å². The fourth-order valence-corrected chi connectivity index (χ4v) is 4.54. The van der Waals surface area contributed by atoms with Gasteiger partial charge >= 0.3 is 6.03 Å². The molecule has 2 heterocycles. The van der Waals surface area contributed by atoms with Gasteiger partial charge in [0.1, 0.15) is 0 Å². The number of carbonyl (C=O) groups excluding carboxylic acids is 2. The van der Waals surface area contributed by atoms with Crippen LogP contribution in [0, 0.1) is 12.3 Å². The number of likely N-dealkylation sites (tertiary alicyclic amines) is 1. The van der Waals surface area contributed by atoms with E-state index in [9.17, 15) is 9.59 Å². The van der Waals surface area contributed by atoms with Crippen LogP contribution in [-0.2, 0) is 6.54 Å². The lowest BCUT2D eigenvalue weighted by Gasteiger charge is -2.45. The van der Waals surface area contributed by atoms with E-state index in [4.69, 9.17) is 11.6 Å². The Morgan fingerprint density at radius 3 is 2.72 bits per heavy atom. The molecule has 1 aliphatic carbocycles. The van der Waals surface area contributed by atoms with Crippen LogP contribution in [0.25, 0.3) is 0 Å². The number of amides is 3. The second-order valence-corrected chi connectivity index (χ2v) is 8.66. The summed E-state index contributed by atoms with van der Waals surface area (Å²) in [5, 5.41) is 6.61. The number of rotatable bonds is 4. The number of carbonyl (C=O) groups is 2. The number of nitrogens with zero attached hydrogens (tertiary/aromatic N) is 2. The first kappa shape index (κ1) is 19.7. The molecule has 7 heteroatoms. The average molecular weight is 413 g/mol. The minimum absolute atomic E-state index is 0.0736. The third-order valence-corrected chi connectivity index (χ3v) is 6.18. The molecule has 2 aliphatic rings.